The van der Waals surface area contributed by atoms with Crippen LogP contribution in [-0.4, -0.2) is 18.8 Å². The summed E-state index contributed by atoms with van der Waals surface area (Å²) in [5.41, 5.74) is 2.64. The summed E-state index contributed by atoms with van der Waals surface area (Å²) in [7, 11) is 0. The molecule has 1 fully saturated rings. The van der Waals surface area contributed by atoms with E-state index in [4.69, 9.17) is 4.74 Å². The van der Waals surface area contributed by atoms with E-state index in [-0.39, 0.29) is 0 Å². The van der Waals surface area contributed by atoms with Crippen LogP contribution in [0.3, 0.4) is 0 Å². The first-order valence-electron chi connectivity index (χ1n) is 6.25. The summed E-state index contributed by atoms with van der Waals surface area (Å²) in [4.78, 5) is 0. The third kappa shape index (κ3) is 2.99. The van der Waals surface area contributed by atoms with E-state index in [1.165, 1.54) is 11.3 Å². The summed E-state index contributed by atoms with van der Waals surface area (Å²) in [5, 5.41) is 3.61. The van der Waals surface area contributed by atoms with Crippen molar-refractivity contribution in [2.24, 2.45) is 0 Å². The van der Waals surface area contributed by atoms with Crippen molar-refractivity contribution < 1.29 is 4.74 Å². The van der Waals surface area contributed by atoms with E-state index >= 15 is 0 Å². The molecule has 0 bridgehead atoms. The summed E-state index contributed by atoms with van der Waals surface area (Å²) < 4.78 is 5.55. The highest BCUT2D eigenvalue weighted by molar-refractivity contribution is 5.46. The molecule has 0 radical (unpaired) electrons. The maximum absolute atomic E-state index is 5.55. The molecule has 1 unspecified atom stereocenters. The zero-order valence-corrected chi connectivity index (χ0v) is 10.2. The number of hydrogen-bond donors (Lipinski definition) is 1. The Morgan fingerprint density at radius 3 is 3.06 bits per heavy atom. The average molecular weight is 219 g/mol. The smallest absolute Gasteiger partial charge is 0.0566 e. The number of hydrogen-bond acceptors (Lipinski definition) is 2. The molecule has 2 nitrogen and oxygen atoms in total. The van der Waals surface area contributed by atoms with Crippen LogP contribution in [0.15, 0.2) is 24.3 Å². The molecule has 0 aromatic heterocycles. The van der Waals surface area contributed by atoms with E-state index in [1.54, 1.807) is 0 Å². The van der Waals surface area contributed by atoms with Gasteiger partial charge in [0.1, 0.15) is 0 Å². The van der Waals surface area contributed by atoms with Gasteiger partial charge in [0.2, 0.25) is 0 Å². The molecule has 88 valence electrons. The van der Waals surface area contributed by atoms with Crippen LogP contribution in [0.4, 0.5) is 5.69 Å². The molecule has 1 aliphatic rings. The highest BCUT2D eigenvalue weighted by Crippen LogP contribution is 2.19. The summed E-state index contributed by atoms with van der Waals surface area (Å²) in [6.07, 6.45) is 3.71. The van der Waals surface area contributed by atoms with Gasteiger partial charge in [0.25, 0.3) is 0 Å². The SMILES string of the molecule is CCc1cccc(NC2CCO[C@@H](C)C2)c1. The molecule has 0 aliphatic carbocycles. The molecule has 1 aliphatic heterocycles. The Hall–Kier alpha value is -1.02. The van der Waals surface area contributed by atoms with Gasteiger partial charge in [0.05, 0.1) is 6.10 Å². The molecule has 1 N–H and O–H groups in total. The number of anilines is 1. The Balaban J connectivity index is 1.97. The predicted molar refractivity (Wildman–Crippen MR) is 67.9 cm³/mol. The van der Waals surface area contributed by atoms with Crippen LogP contribution in [-0.2, 0) is 11.2 Å². The Kier molecular flexibility index (Phi) is 3.83. The third-order valence-corrected chi connectivity index (χ3v) is 3.19. The number of aryl methyl sites for hydroxylation is 1. The molecule has 0 amide bonds. The van der Waals surface area contributed by atoms with Crippen molar-refractivity contribution in [1.82, 2.24) is 0 Å². The monoisotopic (exact) mass is 219 g/mol. The number of benzene rings is 1. The van der Waals surface area contributed by atoms with Crippen molar-refractivity contribution in [3.05, 3.63) is 29.8 Å². The fourth-order valence-electron chi connectivity index (χ4n) is 2.25. The first-order chi connectivity index (χ1) is 7.78. The van der Waals surface area contributed by atoms with Crippen LogP contribution in [0.5, 0.6) is 0 Å². The summed E-state index contributed by atoms with van der Waals surface area (Å²) in [6, 6.07) is 9.28. The van der Waals surface area contributed by atoms with Gasteiger partial charge in [-0.2, -0.15) is 0 Å². The number of nitrogens with one attached hydrogen (secondary N) is 1. The highest BCUT2D eigenvalue weighted by Gasteiger charge is 2.18. The van der Waals surface area contributed by atoms with Crippen LogP contribution >= 0.6 is 0 Å². The zero-order valence-electron chi connectivity index (χ0n) is 10.2. The fourth-order valence-corrected chi connectivity index (χ4v) is 2.25. The van der Waals surface area contributed by atoms with Crippen molar-refractivity contribution in [2.45, 2.75) is 45.3 Å². The summed E-state index contributed by atoms with van der Waals surface area (Å²) in [5.74, 6) is 0. The van der Waals surface area contributed by atoms with Crippen LogP contribution in [0, 0.1) is 0 Å². The van der Waals surface area contributed by atoms with Crippen LogP contribution in [0.25, 0.3) is 0 Å². The van der Waals surface area contributed by atoms with Gasteiger partial charge >= 0.3 is 0 Å². The average Bonchev–Trinajstić information content (AvgIpc) is 2.29. The largest absolute Gasteiger partial charge is 0.382 e. The Bertz CT molecular complexity index is 337. The lowest BCUT2D eigenvalue weighted by molar-refractivity contribution is 0.0232. The predicted octanol–water partition coefficient (Wildman–Crippen LogP) is 3.23. The normalized spacial score (nSPS) is 25.4. The maximum Gasteiger partial charge on any atom is 0.0566 e. The molecular weight excluding hydrogens is 198 g/mol. The second-order valence-electron chi connectivity index (χ2n) is 4.60. The first-order valence-corrected chi connectivity index (χ1v) is 6.25. The van der Waals surface area contributed by atoms with Crippen molar-refractivity contribution in [1.29, 1.82) is 0 Å². The lowest BCUT2D eigenvalue weighted by atomic mass is 10.0. The van der Waals surface area contributed by atoms with Crippen molar-refractivity contribution in [3.63, 3.8) is 0 Å². The number of rotatable bonds is 3. The Labute approximate surface area is 98.0 Å². The lowest BCUT2D eigenvalue weighted by Crippen LogP contribution is -2.32. The summed E-state index contributed by atoms with van der Waals surface area (Å²) >= 11 is 0. The second-order valence-corrected chi connectivity index (χ2v) is 4.60. The van der Waals surface area contributed by atoms with E-state index < -0.39 is 0 Å². The van der Waals surface area contributed by atoms with Crippen LogP contribution in [0.2, 0.25) is 0 Å². The van der Waals surface area contributed by atoms with Gasteiger partial charge in [-0.15, -0.1) is 0 Å². The molecule has 1 aromatic carbocycles. The van der Waals surface area contributed by atoms with E-state index in [0.717, 1.165) is 25.9 Å². The molecule has 2 heteroatoms. The van der Waals surface area contributed by atoms with Crippen molar-refractivity contribution in [2.75, 3.05) is 11.9 Å². The molecule has 1 heterocycles. The summed E-state index contributed by atoms with van der Waals surface area (Å²) in [6.45, 7) is 5.22. The Morgan fingerprint density at radius 1 is 1.44 bits per heavy atom. The standard InChI is InChI=1S/C14H21NO/c1-3-12-5-4-6-13(10-12)15-14-7-8-16-11(2)9-14/h4-6,10-11,14-15H,3,7-9H2,1-2H3/t11-,14?/m0/s1. The van der Waals surface area contributed by atoms with Crippen molar-refractivity contribution in [3.8, 4) is 0 Å². The van der Waals surface area contributed by atoms with Gasteiger partial charge in [-0.25, -0.2) is 0 Å². The van der Waals surface area contributed by atoms with E-state index in [1.807, 2.05) is 0 Å². The molecule has 1 aromatic rings. The van der Waals surface area contributed by atoms with Crippen LogP contribution < -0.4 is 5.32 Å². The van der Waals surface area contributed by atoms with E-state index in [0.29, 0.717) is 12.1 Å². The third-order valence-electron chi connectivity index (χ3n) is 3.19. The molecule has 2 rings (SSSR count). The minimum absolute atomic E-state index is 0.389. The van der Waals surface area contributed by atoms with E-state index in [9.17, 15) is 0 Å². The second kappa shape index (κ2) is 5.35. The molecule has 0 saturated carbocycles. The van der Waals surface area contributed by atoms with Gasteiger partial charge in [-0.3, -0.25) is 0 Å². The number of ether oxygens (including phenoxy) is 1. The highest BCUT2D eigenvalue weighted by atomic mass is 16.5. The molecule has 0 spiro atoms. The van der Waals surface area contributed by atoms with Gasteiger partial charge in [-0.1, -0.05) is 19.1 Å². The van der Waals surface area contributed by atoms with Gasteiger partial charge in [-0.05, 0) is 43.9 Å². The quantitative estimate of drug-likeness (QED) is 0.842. The lowest BCUT2D eigenvalue weighted by Gasteiger charge is -2.28. The maximum atomic E-state index is 5.55. The topological polar surface area (TPSA) is 21.3 Å². The molecular formula is C14H21NO. The zero-order chi connectivity index (χ0) is 11.4. The van der Waals surface area contributed by atoms with Crippen LogP contribution in [0.1, 0.15) is 32.3 Å². The van der Waals surface area contributed by atoms with Gasteiger partial charge in [0.15, 0.2) is 0 Å². The van der Waals surface area contributed by atoms with Crippen molar-refractivity contribution >= 4 is 5.69 Å². The minimum Gasteiger partial charge on any atom is -0.382 e. The van der Waals surface area contributed by atoms with E-state index in [2.05, 4.69) is 43.4 Å². The molecule has 1 saturated heterocycles. The van der Waals surface area contributed by atoms with Gasteiger partial charge < -0.3 is 10.1 Å². The molecule has 16 heavy (non-hydrogen) atoms. The first kappa shape index (κ1) is 11.5. The Morgan fingerprint density at radius 2 is 2.31 bits per heavy atom. The fraction of sp³-hybridized carbons (Fsp3) is 0.571. The molecule has 2 atom stereocenters. The minimum atomic E-state index is 0.389. The van der Waals surface area contributed by atoms with Gasteiger partial charge in [0, 0.05) is 18.3 Å².